The number of nitrogens with two attached hydrogens (primary N) is 1. The SMILES string of the molecule is NCC1(C(=O)Nc2cccc3c2CCCC3)CCOCC1. The van der Waals surface area contributed by atoms with Crippen molar-refractivity contribution >= 4 is 11.6 Å². The molecule has 0 spiro atoms. The number of benzene rings is 1. The van der Waals surface area contributed by atoms with Crippen LogP contribution < -0.4 is 11.1 Å². The van der Waals surface area contributed by atoms with Gasteiger partial charge in [-0.2, -0.15) is 0 Å². The predicted molar refractivity (Wildman–Crippen MR) is 83.3 cm³/mol. The van der Waals surface area contributed by atoms with E-state index in [-0.39, 0.29) is 5.91 Å². The molecule has 21 heavy (non-hydrogen) atoms. The molecule has 0 unspecified atom stereocenters. The summed E-state index contributed by atoms with van der Waals surface area (Å²) in [6, 6.07) is 6.24. The highest BCUT2D eigenvalue weighted by Crippen LogP contribution is 2.33. The molecule has 0 aromatic heterocycles. The van der Waals surface area contributed by atoms with Crippen molar-refractivity contribution in [2.24, 2.45) is 11.1 Å². The van der Waals surface area contributed by atoms with Gasteiger partial charge in [0.05, 0.1) is 5.41 Å². The van der Waals surface area contributed by atoms with Crippen LogP contribution >= 0.6 is 0 Å². The lowest BCUT2D eigenvalue weighted by molar-refractivity contribution is -0.130. The first kappa shape index (κ1) is 14.5. The first-order valence-corrected chi connectivity index (χ1v) is 7.95. The summed E-state index contributed by atoms with van der Waals surface area (Å²) in [6.07, 6.45) is 6.05. The number of amides is 1. The lowest BCUT2D eigenvalue weighted by Crippen LogP contribution is -2.46. The van der Waals surface area contributed by atoms with Crippen LogP contribution in [0.15, 0.2) is 18.2 Å². The van der Waals surface area contributed by atoms with Crippen molar-refractivity contribution < 1.29 is 9.53 Å². The third kappa shape index (κ3) is 2.83. The van der Waals surface area contributed by atoms with Crippen LogP contribution in [0.2, 0.25) is 0 Å². The molecule has 1 aliphatic carbocycles. The Kier molecular flexibility index (Phi) is 4.27. The monoisotopic (exact) mass is 288 g/mol. The number of anilines is 1. The Balaban J connectivity index is 1.81. The summed E-state index contributed by atoms with van der Waals surface area (Å²) in [5, 5.41) is 3.16. The minimum absolute atomic E-state index is 0.0623. The van der Waals surface area contributed by atoms with Crippen molar-refractivity contribution in [1.82, 2.24) is 0 Å². The van der Waals surface area contributed by atoms with Gasteiger partial charge in [0, 0.05) is 25.4 Å². The van der Waals surface area contributed by atoms with Crippen LogP contribution in [0.4, 0.5) is 5.69 Å². The van der Waals surface area contributed by atoms with E-state index in [1.165, 1.54) is 24.0 Å². The minimum Gasteiger partial charge on any atom is -0.381 e. The molecule has 1 saturated heterocycles. The van der Waals surface area contributed by atoms with Crippen LogP contribution in [0, 0.1) is 5.41 Å². The van der Waals surface area contributed by atoms with E-state index in [2.05, 4.69) is 11.4 Å². The number of carbonyl (C=O) groups is 1. The van der Waals surface area contributed by atoms with Crippen molar-refractivity contribution in [1.29, 1.82) is 0 Å². The molecule has 1 fully saturated rings. The quantitative estimate of drug-likeness (QED) is 0.896. The van der Waals surface area contributed by atoms with Gasteiger partial charge in [-0.05, 0) is 55.7 Å². The van der Waals surface area contributed by atoms with Crippen LogP contribution in [-0.2, 0) is 22.4 Å². The van der Waals surface area contributed by atoms with Gasteiger partial charge >= 0.3 is 0 Å². The van der Waals surface area contributed by atoms with E-state index >= 15 is 0 Å². The fourth-order valence-electron chi connectivity index (χ4n) is 3.44. The van der Waals surface area contributed by atoms with Gasteiger partial charge in [-0.15, -0.1) is 0 Å². The summed E-state index contributed by atoms with van der Waals surface area (Å²) >= 11 is 0. The summed E-state index contributed by atoms with van der Waals surface area (Å²) in [7, 11) is 0. The highest BCUT2D eigenvalue weighted by Gasteiger charge is 2.39. The van der Waals surface area contributed by atoms with Crippen molar-refractivity contribution in [3.8, 4) is 0 Å². The van der Waals surface area contributed by atoms with Crippen LogP contribution in [0.3, 0.4) is 0 Å². The molecule has 0 bridgehead atoms. The van der Waals surface area contributed by atoms with Crippen LogP contribution in [-0.4, -0.2) is 25.7 Å². The Morgan fingerprint density at radius 1 is 1.24 bits per heavy atom. The van der Waals surface area contributed by atoms with E-state index < -0.39 is 5.41 Å². The molecule has 0 saturated carbocycles. The molecular formula is C17H24N2O2. The Hall–Kier alpha value is -1.39. The lowest BCUT2D eigenvalue weighted by Gasteiger charge is -2.35. The number of hydrogen-bond donors (Lipinski definition) is 2. The topological polar surface area (TPSA) is 64.4 Å². The van der Waals surface area contributed by atoms with Crippen molar-refractivity contribution in [3.05, 3.63) is 29.3 Å². The molecule has 4 heteroatoms. The van der Waals surface area contributed by atoms with Gasteiger partial charge in [-0.1, -0.05) is 12.1 Å². The van der Waals surface area contributed by atoms with Gasteiger partial charge < -0.3 is 15.8 Å². The normalized spacial score (nSPS) is 20.6. The maximum Gasteiger partial charge on any atom is 0.232 e. The molecule has 1 aliphatic heterocycles. The average molecular weight is 288 g/mol. The number of rotatable bonds is 3. The van der Waals surface area contributed by atoms with Gasteiger partial charge in [0.15, 0.2) is 0 Å². The number of carbonyl (C=O) groups excluding carboxylic acids is 1. The third-order valence-corrected chi connectivity index (χ3v) is 4.97. The summed E-state index contributed by atoms with van der Waals surface area (Å²) < 4.78 is 5.38. The maximum atomic E-state index is 12.8. The zero-order chi connectivity index (χ0) is 14.7. The molecule has 1 aromatic carbocycles. The Bertz CT molecular complexity index is 522. The molecule has 1 amide bonds. The predicted octanol–water partition coefficient (Wildman–Crippen LogP) is 2.26. The Labute approximate surface area is 126 Å². The van der Waals surface area contributed by atoms with E-state index in [9.17, 15) is 4.79 Å². The van der Waals surface area contributed by atoms with E-state index in [0.29, 0.717) is 32.6 Å². The van der Waals surface area contributed by atoms with Gasteiger partial charge in [-0.3, -0.25) is 4.79 Å². The fourth-order valence-corrected chi connectivity index (χ4v) is 3.44. The van der Waals surface area contributed by atoms with Crippen molar-refractivity contribution in [2.45, 2.75) is 38.5 Å². The molecular weight excluding hydrogens is 264 g/mol. The van der Waals surface area contributed by atoms with Crippen LogP contribution in [0.1, 0.15) is 36.8 Å². The number of ether oxygens (including phenoxy) is 1. The number of aryl methyl sites for hydroxylation is 1. The molecule has 4 nitrogen and oxygen atoms in total. The number of hydrogen-bond acceptors (Lipinski definition) is 3. The largest absolute Gasteiger partial charge is 0.381 e. The third-order valence-electron chi connectivity index (χ3n) is 4.97. The average Bonchev–Trinajstić information content (AvgIpc) is 2.56. The summed E-state index contributed by atoms with van der Waals surface area (Å²) in [5.74, 6) is 0.0623. The second-order valence-electron chi connectivity index (χ2n) is 6.20. The van der Waals surface area contributed by atoms with Gasteiger partial charge in [-0.25, -0.2) is 0 Å². The van der Waals surface area contributed by atoms with Crippen LogP contribution in [0.25, 0.3) is 0 Å². The Morgan fingerprint density at radius 2 is 2.00 bits per heavy atom. The van der Waals surface area contributed by atoms with E-state index in [4.69, 9.17) is 10.5 Å². The Morgan fingerprint density at radius 3 is 2.76 bits per heavy atom. The molecule has 114 valence electrons. The second-order valence-corrected chi connectivity index (χ2v) is 6.20. The standard InChI is InChI=1S/C17H24N2O2/c18-12-17(8-10-21-11-9-17)16(20)19-15-7-3-5-13-4-1-2-6-14(13)15/h3,5,7H,1-2,4,6,8-12,18H2,(H,19,20). The van der Waals surface area contributed by atoms with E-state index in [0.717, 1.165) is 18.5 Å². The van der Waals surface area contributed by atoms with E-state index in [1.807, 2.05) is 12.1 Å². The molecule has 3 N–H and O–H groups in total. The minimum atomic E-state index is -0.463. The molecule has 3 rings (SSSR count). The molecule has 1 heterocycles. The summed E-state index contributed by atoms with van der Waals surface area (Å²) in [4.78, 5) is 12.8. The molecule has 2 aliphatic rings. The molecule has 0 atom stereocenters. The summed E-state index contributed by atoms with van der Waals surface area (Å²) in [6.45, 7) is 1.63. The van der Waals surface area contributed by atoms with E-state index in [1.54, 1.807) is 0 Å². The highest BCUT2D eigenvalue weighted by molar-refractivity contribution is 5.96. The lowest BCUT2D eigenvalue weighted by atomic mass is 9.79. The van der Waals surface area contributed by atoms with Gasteiger partial charge in [0.25, 0.3) is 0 Å². The van der Waals surface area contributed by atoms with Crippen molar-refractivity contribution in [2.75, 3.05) is 25.1 Å². The first-order chi connectivity index (χ1) is 10.2. The first-order valence-electron chi connectivity index (χ1n) is 7.95. The molecule has 0 radical (unpaired) electrons. The van der Waals surface area contributed by atoms with Crippen molar-refractivity contribution in [3.63, 3.8) is 0 Å². The summed E-state index contributed by atoms with van der Waals surface area (Å²) in [5.41, 5.74) is 9.13. The highest BCUT2D eigenvalue weighted by atomic mass is 16.5. The number of fused-ring (bicyclic) bond motifs is 1. The maximum absolute atomic E-state index is 12.8. The zero-order valence-corrected chi connectivity index (χ0v) is 12.5. The smallest absolute Gasteiger partial charge is 0.232 e. The zero-order valence-electron chi connectivity index (χ0n) is 12.5. The van der Waals surface area contributed by atoms with Crippen LogP contribution in [0.5, 0.6) is 0 Å². The fraction of sp³-hybridized carbons (Fsp3) is 0.588. The van der Waals surface area contributed by atoms with Gasteiger partial charge in [0.2, 0.25) is 5.91 Å². The van der Waals surface area contributed by atoms with Gasteiger partial charge in [0.1, 0.15) is 0 Å². The second kappa shape index (κ2) is 6.16. The number of nitrogens with one attached hydrogen (secondary N) is 1. The molecule has 1 aromatic rings.